The van der Waals surface area contributed by atoms with Crippen LogP contribution in [0.4, 0.5) is 5.69 Å². The number of nitrogens with zero attached hydrogens (tertiary/aromatic N) is 1. The largest absolute Gasteiger partial charge is 0.457 e. The van der Waals surface area contributed by atoms with E-state index in [4.69, 9.17) is 4.74 Å². The lowest BCUT2D eigenvalue weighted by Crippen LogP contribution is -2.16. The van der Waals surface area contributed by atoms with E-state index in [0.717, 1.165) is 6.26 Å². The van der Waals surface area contributed by atoms with E-state index in [2.05, 4.69) is 10.3 Å². The van der Waals surface area contributed by atoms with Crippen LogP contribution in [0.5, 0.6) is 11.5 Å². The van der Waals surface area contributed by atoms with Crippen LogP contribution >= 0.6 is 0 Å². The van der Waals surface area contributed by atoms with E-state index < -0.39 is 15.7 Å². The summed E-state index contributed by atoms with van der Waals surface area (Å²) in [5, 5.41) is 2.70. The molecule has 1 aromatic heterocycles. The average molecular weight is 368 g/mol. The van der Waals surface area contributed by atoms with Crippen LogP contribution < -0.4 is 10.1 Å². The Labute approximate surface area is 151 Å². The van der Waals surface area contributed by atoms with Gasteiger partial charge >= 0.3 is 0 Å². The van der Waals surface area contributed by atoms with Gasteiger partial charge < -0.3 is 10.1 Å². The molecule has 0 unspecified atom stereocenters. The number of anilines is 1. The van der Waals surface area contributed by atoms with E-state index in [1.807, 2.05) is 0 Å². The Morgan fingerprint density at radius 1 is 0.962 bits per heavy atom. The molecule has 1 heterocycles. The number of carbonyl (C=O) groups excluding carboxylic acids is 1. The van der Waals surface area contributed by atoms with Gasteiger partial charge in [0.15, 0.2) is 9.84 Å². The first-order valence-electron chi connectivity index (χ1n) is 7.72. The van der Waals surface area contributed by atoms with Crippen molar-refractivity contribution in [1.82, 2.24) is 4.98 Å². The maximum atomic E-state index is 12.5. The first-order chi connectivity index (χ1) is 12.4. The molecule has 0 bridgehead atoms. The summed E-state index contributed by atoms with van der Waals surface area (Å²) in [4.78, 5) is 16.4. The topological polar surface area (TPSA) is 85.4 Å². The van der Waals surface area contributed by atoms with Crippen LogP contribution in [-0.2, 0) is 9.84 Å². The van der Waals surface area contributed by atoms with E-state index in [0.29, 0.717) is 17.2 Å². The predicted octanol–water partition coefficient (Wildman–Crippen LogP) is 3.53. The molecular weight excluding hydrogens is 352 g/mol. The summed E-state index contributed by atoms with van der Waals surface area (Å²) in [5.74, 6) is 0.642. The Hall–Kier alpha value is -3.19. The average Bonchev–Trinajstić information content (AvgIpc) is 2.62. The summed E-state index contributed by atoms with van der Waals surface area (Å²) >= 11 is 0. The smallest absolute Gasteiger partial charge is 0.256 e. The Morgan fingerprint density at radius 2 is 1.69 bits per heavy atom. The summed E-state index contributed by atoms with van der Waals surface area (Å²) < 4.78 is 29.4. The summed E-state index contributed by atoms with van der Waals surface area (Å²) in [6, 6.07) is 16.3. The third-order valence-corrected chi connectivity index (χ3v) is 4.66. The number of sulfone groups is 1. The fourth-order valence-corrected chi connectivity index (χ4v) is 3.24. The highest BCUT2D eigenvalue weighted by molar-refractivity contribution is 7.90. The van der Waals surface area contributed by atoms with Crippen LogP contribution in [0.2, 0.25) is 0 Å². The number of nitrogens with one attached hydrogen (secondary N) is 1. The molecule has 0 aliphatic rings. The number of hydrogen-bond acceptors (Lipinski definition) is 5. The predicted molar refractivity (Wildman–Crippen MR) is 98.3 cm³/mol. The molecule has 0 radical (unpaired) electrons. The zero-order valence-electron chi connectivity index (χ0n) is 13.9. The van der Waals surface area contributed by atoms with Crippen LogP contribution in [0.1, 0.15) is 10.4 Å². The molecule has 0 saturated heterocycles. The van der Waals surface area contributed by atoms with Crippen LogP contribution in [0.25, 0.3) is 0 Å². The summed E-state index contributed by atoms with van der Waals surface area (Å²) in [6.07, 6.45) is 4.30. The van der Waals surface area contributed by atoms with Crippen molar-refractivity contribution >= 4 is 21.4 Å². The monoisotopic (exact) mass is 368 g/mol. The van der Waals surface area contributed by atoms with Gasteiger partial charge in [-0.2, -0.15) is 0 Å². The van der Waals surface area contributed by atoms with Gasteiger partial charge in [0, 0.05) is 30.4 Å². The Balaban J connectivity index is 1.82. The van der Waals surface area contributed by atoms with Crippen LogP contribution in [0.15, 0.2) is 78.0 Å². The third-order valence-electron chi connectivity index (χ3n) is 3.51. The van der Waals surface area contributed by atoms with E-state index in [1.54, 1.807) is 60.9 Å². The van der Waals surface area contributed by atoms with Crippen molar-refractivity contribution in [2.24, 2.45) is 0 Å². The van der Waals surface area contributed by atoms with Crippen molar-refractivity contribution < 1.29 is 17.9 Å². The van der Waals surface area contributed by atoms with E-state index in [-0.39, 0.29) is 10.5 Å². The molecular formula is C19H16N2O4S. The van der Waals surface area contributed by atoms with Crippen molar-refractivity contribution in [3.05, 3.63) is 78.6 Å². The molecule has 0 spiro atoms. The van der Waals surface area contributed by atoms with Crippen LogP contribution in [-0.4, -0.2) is 25.6 Å². The van der Waals surface area contributed by atoms with Crippen molar-refractivity contribution in [3.63, 3.8) is 0 Å². The summed E-state index contributed by atoms with van der Waals surface area (Å²) in [6.45, 7) is 0. The molecule has 0 atom stereocenters. The molecule has 0 fully saturated rings. The SMILES string of the molecule is CS(=O)(=O)c1ccccc1C(=O)Nc1cccc(Oc2ccncc2)c1. The molecule has 26 heavy (non-hydrogen) atoms. The highest BCUT2D eigenvalue weighted by Crippen LogP contribution is 2.24. The molecule has 2 aromatic carbocycles. The van der Waals surface area contributed by atoms with Crippen LogP contribution in [0.3, 0.4) is 0 Å². The minimum absolute atomic E-state index is 0.0123. The van der Waals surface area contributed by atoms with Gasteiger partial charge in [-0.25, -0.2) is 8.42 Å². The van der Waals surface area contributed by atoms with Crippen molar-refractivity contribution in [1.29, 1.82) is 0 Å². The standard InChI is InChI=1S/C19H16N2O4S/c1-26(23,24)18-8-3-2-7-17(18)19(22)21-14-5-4-6-16(13-14)25-15-9-11-20-12-10-15/h2-13H,1H3,(H,21,22). The fraction of sp³-hybridized carbons (Fsp3) is 0.0526. The van der Waals surface area contributed by atoms with Crippen molar-refractivity contribution in [3.8, 4) is 11.5 Å². The van der Waals surface area contributed by atoms with Crippen LogP contribution in [0, 0.1) is 0 Å². The molecule has 7 heteroatoms. The van der Waals surface area contributed by atoms with Gasteiger partial charge in [0.2, 0.25) is 0 Å². The Bertz CT molecular complexity index is 1030. The second-order valence-electron chi connectivity index (χ2n) is 5.54. The second kappa shape index (κ2) is 7.37. The molecule has 0 saturated carbocycles. The zero-order chi connectivity index (χ0) is 18.6. The van der Waals surface area contributed by atoms with Gasteiger partial charge in [-0.3, -0.25) is 9.78 Å². The highest BCUT2D eigenvalue weighted by Gasteiger charge is 2.18. The minimum Gasteiger partial charge on any atom is -0.457 e. The second-order valence-corrected chi connectivity index (χ2v) is 7.52. The lowest BCUT2D eigenvalue weighted by molar-refractivity contribution is 0.102. The normalized spacial score (nSPS) is 11.0. The first kappa shape index (κ1) is 17.6. The molecule has 3 rings (SSSR count). The van der Waals surface area contributed by atoms with E-state index >= 15 is 0 Å². The maximum Gasteiger partial charge on any atom is 0.256 e. The van der Waals surface area contributed by atoms with Gasteiger partial charge in [-0.1, -0.05) is 18.2 Å². The van der Waals surface area contributed by atoms with Gasteiger partial charge in [0.05, 0.1) is 10.5 Å². The van der Waals surface area contributed by atoms with Gasteiger partial charge in [0.1, 0.15) is 11.5 Å². The molecule has 1 amide bonds. The first-order valence-corrected chi connectivity index (χ1v) is 9.61. The number of benzene rings is 2. The number of ether oxygens (including phenoxy) is 1. The molecule has 3 aromatic rings. The van der Waals surface area contributed by atoms with Gasteiger partial charge in [-0.15, -0.1) is 0 Å². The maximum absolute atomic E-state index is 12.5. The molecule has 6 nitrogen and oxygen atoms in total. The minimum atomic E-state index is -3.51. The van der Waals surface area contributed by atoms with Crippen molar-refractivity contribution in [2.75, 3.05) is 11.6 Å². The molecule has 132 valence electrons. The lowest BCUT2D eigenvalue weighted by atomic mass is 10.2. The highest BCUT2D eigenvalue weighted by atomic mass is 32.2. The lowest BCUT2D eigenvalue weighted by Gasteiger charge is -2.10. The zero-order valence-corrected chi connectivity index (χ0v) is 14.7. The number of pyridine rings is 1. The van der Waals surface area contributed by atoms with E-state index in [1.165, 1.54) is 12.1 Å². The Morgan fingerprint density at radius 3 is 2.42 bits per heavy atom. The number of aromatic nitrogens is 1. The fourth-order valence-electron chi connectivity index (χ4n) is 2.36. The summed E-state index contributed by atoms with van der Waals surface area (Å²) in [7, 11) is -3.51. The summed E-state index contributed by atoms with van der Waals surface area (Å²) in [5.41, 5.74) is 0.584. The molecule has 1 N–H and O–H groups in total. The van der Waals surface area contributed by atoms with Gasteiger partial charge in [-0.05, 0) is 36.4 Å². The quantitative estimate of drug-likeness (QED) is 0.745. The third kappa shape index (κ3) is 4.25. The number of rotatable bonds is 5. The van der Waals surface area contributed by atoms with Crippen molar-refractivity contribution in [2.45, 2.75) is 4.90 Å². The molecule has 0 aliphatic carbocycles. The van der Waals surface area contributed by atoms with Gasteiger partial charge in [0.25, 0.3) is 5.91 Å². The number of hydrogen-bond donors (Lipinski definition) is 1. The number of amides is 1. The Kier molecular flexibility index (Phi) is 4.99. The molecule has 0 aliphatic heterocycles. The number of carbonyl (C=O) groups is 1. The van der Waals surface area contributed by atoms with E-state index in [9.17, 15) is 13.2 Å².